The molecule has 3 rings (SSSR count). The molecule has 1 aliphatic rings. The molecular weight excluding hydrogens is 304 g/mol. The van der Waals surface area contributed by atoms with E-state index in [9.17, 15) is 4.79 Å². The van der Waals surface area contributed by atoms with Crippen LogP contribution >= 0.6 is 0 Å². The number of carbonyl (C=O) groups is 1. The van der Waals surface area contributed by atoms with E-state index in [-0.39, 0.29) is 18.1 Å². The zero-order valence-electron chi connectivity index (χ0n) is 13.8. The van der Waals surface area contributed by atoms with Crippen LogP contribution in [0.3, 0.4) is 0 Å². The van der Waals surface area contributed by atoms with Gasteiger partial charge in [0.2, 0.25) is 0 Å². The molecule has 2 atom stereocenters. The summed E-state index contributed by atoms with van der Waals surface area (Å²) in [6.07, 6.45) is 5.78. The maximum atomic E-state index is 12.3. The number of rotatable bonds is 6. The lowest BCUT2D eigenvalue weighted by Gasteiger charge is -2.15. The average molecular weight is 326 g/mol. The highest BCUT2D eigenvalue weighted by molar-refractivity contribution is 5.94. The lowest BCUT2D eigenvalue weighted by atomic mass is 10.1. The van der Waals surface area contributed by atoms with Crippen LogP contribution in [0.25, 0.3) is 0 Å². The lowest BCUT2D eigenvalue weighted by molar-refractivity contribution is 0.0679. The van der Waals surface area contributed by atoms with E-state index < -0.39 is 0 Å². The van der Waals surface area contributed by atoms with E-state index in [1.54, 1.807) is 24.5 Å². The van der Waals surface area contributed by atoms with Gasteiger partial charge >= 0.3 is 0 Å². The minimum absolute atomic E-state index is 0.0732. The normalized spacial score (nSPS) is 18.1. The first kappa shape index (κ1) is 16.5. The Morgan fingerprint density at radius 3 is 2.71 bits per heavy atom. The van der Waals surface area contributed by atoms with Gasteiger partial charge in [0.1, 0.15) is 12.4 Å². The smallest absolute Gasteiger partial charge is 0.251 e. The van der Waals surface area contributed by atoms with Gasteiger partial charge in [0, 0.05) is 24.6 Å². The summed E-state index contributed by atoms with van der Waals surface area (Å²) in [6.45, 7) is 3.33. The molecule has 1 amide bonds. The molecule has 0 spiro atoms. The van der Waals surface area contributed by atoms with E-state index in [4.69, 9.17) is 9.47 Å². The average Bonchev–Trinajstić information content (AvgIpc) is 3.14. The predicted molar refractivity (Wildman–Crippen MR) is 91.0 cm³/mol. The van der Waals surface area contributed by atoms with E-state index in [0.717, 1.165) is 30.8 Å². The number of pyridine rings is 1. The number of aromatic nitrogens is 1. The fourth-order valence-corrected chi connectivity index (χ4v) is 2.68. The number of hydrogen-bond acceptors (Lipinski definition) is 4. The second kappa shape index (κ2) is 7.93. The molecule has 0 aliphatic carbocycles. The third kappa shape index (κ3) is 4.32. The van der Waals surface area contributed by atoms with Crippen LogP contribution in [0.4, 0.5) is 0 Å². The quantitative estimate of drug-likeness (QED) is 0.886. The van der Waals surface area contributed by atoms with Gasteiger partial charge in [-0.1, -0.05) is 0 Å². The van der Waals surface area contributed by atoms with Crippen LogP contribution in [0.15, 0.2) is 48.8 Å². The number of nitrogens with zero attached hydrogens (tertiary/aromatic N) is 1. The molecular formula is C19H22N2O3. The van der Waals surface area contributed by atoms with Crippen LogP contribution in [0, 0.1) is 0 Å². The van der Waals surface area contributed by atoms with E-state index in [0.29, 0.717) is 12.2 Å². The Hall–Kier alpha value is -2.40. The topological polar surface area (TPSA) is 60.5 Å². The van der Waals surface area contributed by atoms with Crippen molar-refractivity contribution in [1.29, 1.82) is 0 Å². The molecule has 0 saturated carbocycles. The number of ether oxygens (including phenoxy) is 2. The summed E-state index contributed by atoms with van der Waals surface area (Å²) in [5, 5.41) is 2.98. The van der Waals surface area contributed by atoms with E-state index in [1.807, 2.05) is 31.2 Å². The molecule has 0 unspecified atom stereocenters. The van der Waals surface area contributed by atoms with Gasteiger partial charge in [-0.2, -0.15) is 0 Å². The summed E-state index contributed by atoms with van der Waals surface area (Å²) in [5.41, 5.74) is 1.63. The molecule has 0 bridgehead atoms. The third-order valence-electron chi connectivity index (χ3n) is 4.13. The molecule has 24 heavy (non-hydrogen) atoms. The SMILES string of the molecule is C[C@@H](NC(=O)c1ccc(OC[C@@H]2CCCO2)cc1)c1ccncc1. The lowest BCUT2D eigenvalue weighted by Crippen LogP contribution is -2.26. The Balaban J connectivity index is 1.53. The Labute approximate surface area is 142 Å². The second-order valence-corrected chi connectivity index (χ2v) is 5.95. The molecule has 126 valence electrons. The maximum absolute atomic E-state index is 12.3. The molecule has 2 heterocycles. The van der Waals surface area contributed by atoms with Crippen molar-refractivity contribution in [2.45, 2.75) is 31.9 Å². The molecule has 5 nitrogen and oxygen atoms in total. The first-order valence-electron chi connectivity index (χ1n) is 8.27. The van der Waals surface area contributed by atoms with Gasteiger partial charge in [-0.25, -0.2) is 0 Å². The highest BCUT2D eigenvalue weighted by atomic mass is 16.5. The van der Waals surface area contributed by atoms with Crippen LogP contribution in [0.1, 0.15) is 41.7 Å². The van der Waals surface area contributed by atoms with Crippen LogP contribution < -0.4 is 10.1 Å². The molecule has 2 aromatic rings. The Bertz CT molecular complexity index is 652. The highest BCUT2D eigenvalue weighted by Gasteiger charge is 2.16. The summed E-state index contributed by atoms with van der Waals surface area (Å²) in [6, 6.07) is 10.9. The van der Waals surface area contributed by atoms with Gasteiger partial charge in [0.05, 0.1) is 12.1 Å². The van der Waals surface area contributed by atoms with Crippen molar-refractivity contribution in [2.75, 3.05) is 13.2 Å². The van der Waals surface area contributed by atoms with E-state index >= 15 is 0 Å². The van der Waals surface area contributed by atoms with Crippen LogP contribution in [-0.2, 0) is 4.74 Å². The van der Waals surface area contributed by atoms with Gasteiger partial charge < -0.3 is 14.8 Å². The molecule has 1 aromatic heterocycles. The standard InChI is InChI=1S/C19H22N2O3/c1-14(15-8-10-20-11-9-15)21-19(22)16-4-6-17(7-5-16)24-13-18-3-2-12-23-18/h4-11,14,18H,2-3,12-13H2,1H3,(H,21,22)/t14-,18+/m1/s1. The Kier molecular flexibility index (Phi) is 5.43. The molecule has 5 heteroatoms. The molecule has 1 N–H and O–H groups in total. The minimum atomic E-state index is -0.106. The third-order valence-corrected chi connectivity index (χ3v) is 4.13. The van der Waals surface area contributed by atoms with Gasteiger partial charge in [-0.3, -0.25) is 9.78 Å². The summed E-state index contributed by atoms with van der Waals surface area (Å²) in [7, 11) is 0. The van der Waals surface area contributed by atoms with Crippen LogP contribution in [0.2, 0.25) is 0 Å². The fourth-order valence-electron chi connectivity index (χ4n) is 2.68. The first-order valence-corrected chi connectivity index (χ1v) is 8.27. The summed E-state index contributed by atoms with van der Waals surface area (Å²) < 4.78 is 11.2. The Morgan fingerprint density at radius 1 is 1.29 bits per heavy atom. The second-order valence-electron chi connectivity index (χ2n) is 5.95. The molecule has 0 radical (unpaired) electrons. The van der Waals surface area contributed by atoms with Crippen molar-refractivity contribution in [1.82, 2.24) is 10.3 Å². The number of carbonyl (C=O) groups excluding carboxylic acids is 1. The van der Waals surface area contributed by atoms with Gasteiger partial charge in [-0.15, -0.1) is 0 Å². The zero-order chi connectivity index (χ0) is 16.8. The molecule has 1 saturated heterocycles. The Morgan fingerprint density at radius 2 is 2.04 bits per heavy atom. The van der Waals surface area contributed by atoms with Crippen molar-refractivity contribution in [2.24, 2.45) is 0 Å². The van der Waals surface area contributed by atoms with Crippen LogP contribution in [0.5, 0.6) is 5.75 Å². The van der Waals surface area contributed by atoms with Crippen molar-refractivity contribution < 1.29 is 14.3 Å². The van der Waals surface area contributed by atoms with Crippen molar-refractivity contribution in [3.63, 3.8) is 0 Å². The first-order chi connectivity index (χ1) is 11.7. The van der Waals surface area contributed by atoms with Gasteiger partial charge in [0.25, 0.3) is 5.91 Å². The molecule has 1 aromatic carbocycles. The fraction of sp³-hybridized carbons (Fsp3) is 0.368. The maximum Gasteiger partial charge on any atom is 0.251 e. The number of nitrogens with one attached hydrogen (secondary N) is 1. The van der Waals surface area contributed by atoms with Gasteiger partial charge in [0.15, 0.2) is 0 Å². The zero-order valence-corrected chi connectivity index (χ0v) is 13.8. The number of hydrogen-bond donors (Lipinski definition) is 1. The van der Waals surface area contributed by atoms with Crippen molar-refractivity contribution >= 4 is 5.91 Å². The predicted octanol–water partition coefficient (Wildman–Crippen LogP) is 3.13. The summed E-state index contributed by atoms with van der Waals surface area (Å²) in [5.74, 6) is 0.647. The van der Waals surface area contributed by atoms with Gasteiger partial charge in [-0.05, 0) is 61.7 Å². The van der Waals surface area contributed by atoms with E-state index in [2.05, 4.69) is 10.3 Å². The number of amides is 1. The summed E-state index contributed by atoms with van der Waals surface area (Å²) >= 11 is 0. The largest absolute Gasteiger partial charge is 0.491 e. The van der Waals surface area contributed by atoms with Crippen LogP contribution in [-0.4, -0.2) is 30.2 Å². The molecule has 1 aliphatic heterocycles. The molecule has 1 fully saturated rings. The number of benzene rings is 1. The van der Waals surface area contributed by atoms with Crippen molar-refractivity contribution in [3.05, 3.63) is 59.9 Å². The monoisotopic (exact) mass is 326 g/mol. The van der Waals surface area contributed by atoms with E-state index in [1.165, 1.54) is 0 Å². The minimum Gasteiger partial charge on any atom is -0.491 e. The van der Waals surface area contributed by atoms with Crippen molar-refractivity contribution in [3.8, 4) is 5.75 Å². The summed E-state index contributed by atoms with van der Waals surface area (Å²) in [4.78, 5) is 16.3. The highest BCUT2D eigenvalue weighted by Crippen LogP contribution is 2.17.